The Hall–Kier alpha value is -0.490. The Morgan fingerprint density at radius 1 is 1.65 bits per heavy atom. The van der Waals surface area contributed by atoms with Crippen LogP contribution >= 0.6 is 11.3 Å². The Labute approximate surface area is 107 Å². The van der Waals surface area contributed by atoms with E-state index in [4.69, 9.17) is 10.6 Å². The van der Waals surface area contributed by atoms with Gasteiger partial charge in [0.05, 0.1) is 16.8 Å². The summed E-state index contributed by atoms with van der Waals surface area (Å²) < 4.78 is 5.74. The zero-order chi connectivity index (χ0) is 12.1. The highest BCUT2D eigenvalue weighted by Crippen LogP contribution is 2.19. The van der Waals surface area contributed by atoms with Gasteiger partial charge in [0.1, 0.15) is 0 Å². The van der Waals surface area contributed by atoms with Crippen LogP contribution in [0.5, 0.6) is 0 Å². The number of nitrogens with one attached hydrogen (secondary N) is 1. The number of rotatable bonds is 5. The summed E-state index contributed by atoms with van der Waals surface area (Å²) in [4.78, 5) is 4.47. The van der Waals surface area contributed by atoms with Crippen LogP contribution in [0.3, 0.4) is 0 Å². The number of thiazole rings is 1. The summed E-state index contributed by atoms with van der Waals surface area (Å²) in [6.45, 7) is 2.93. The summed E-state index contributed by atoms with van der Waals surface area (Å²) in [5, 5.41) is 3.23. The third-order valence-corrected chi connectivity index (χ3v) is 4.00. The maximum Gasteiger partial charge on any atom is 0.0897 e. The average Bonchev–Trinajstić information content (AvgIpc) is 2.75. The van der Waals surface area contributed by atoms with Crippen LogP contribution in [0.2, 0.25) is 0 Å². The van der Waals surface area contributed by atoms with E-state index >= 15 is 0 Å². The minimum absolute atomic E-state index is 0.264. The molecule has 96 valence electrons. The minimum atomic E-state index is 0.264. The van der Waals surface area contributed by atoms with Gasteiger partial charge < -0.3 is 4.74 Å². The first-order valence-corrected chi connectivity index (χ1v) is 7.14. The smallest absolute Gasteiger partial charge is 0.0897 e. The van der Waals surface area contributed by atoms with Crippen LogP contribution in [0.1, 0.15) is 36.4 Å². The molecule has 1 saturated heterocycles. The maximum atomic E-state index is 5.74. The van der Waals surface area contributed by atoms with Crippen molar-refractivity contribution in [1.82, 2.24) is 10.4 Å². The van der Waals surface area contributed by atoms with Crippen LogP contribution in [0.15, 0.2) is 5.38 Å². The third-order valence-electron chi connectivity index (χ3n) is 3.18. The van der Waals surface area contributed by atoms with Gasteiger partial charge in [-0.15, -0.1) is 11.3 Å². The van der Waals surface area contributed by atoms with E-state index in [1.54, 1.807) is 11.3 Å². The lowest BCUT2D eigenvalue weighted by atomic mass is 9.99. The van der Waals surface area contributed by atoms with E-state index in [-0.39, 0.29) is 6.04 Å². The third kappa shape index (κ3) is 4.03. The Bertz CT molecular complexity index is 336. The Morgan fingerprint density at radius 2 is 2.53 bits per heavy atom. The molecule has 1 aromatic rings. The van der Waals surface area contributed by atoms with Crippen LogP contribution < -0.4 is 11.3 Å². The highest BCUT2D eigenvalue weighted by molar-refractivity contribution is 7.09. The zero-order valence-corrected chi connectivity index (χ0v) is 11.1. The van der Waals surface area contributed by atoms with Crippen molar-refractivity contribution in [3.63, 3.8) is 0 Å². The molecule has 4 nitrogen and oxygen atoms in total. The molecule has 0 radical (unpaired) electrons. The number of nitrogens with zero attached hydrogens (tertiary/aromatic N) is 1. The van der Waals surface area contributed by atoms with E-state index < -0.39 is 0 Å². The molecule has 1 aromatic heterocycles. The molecule has 1 aliphatic heterocycles. The lowest BCUT2D eigenvalue weighted by molar-refractivity contribution is 0.00519. The Balaban J connectivity index is 1.83. The van der Waals surface area contributed by atoms with Crippen molar-refractivity contribution in [2.75, 3.05) is 6.61 Å². The van der Waals surface area contributed by atoms with Crippen LogP contribution in [0.25, 0.3) is 0 Å². The second kappa shape index (κ2) is 6.44. The first-order chi connectivity index (χ1) is 8.28. The number of aryl methyl sites for hydroxylation is 1. The number of hydrazine groups is 1. The van der Waals surface area contributed by atoms with Gasteiger partial charge in [-0.05, 0) is 32.6 Å². The quantitative estimate of drug-likeness (QED) is 0.622. The predicted molar refractivity (Wildman–Crippen MR) is 69.9 cm³/mol. The molecule has 1 aliphatic rings. The van der Waals surface area contributed by atoms with Crippen molar-refractivity contribution in [2.45, 2.75) is 51.2 Å². The first kappa shape index (κ1) is 13.0. The Morgan fingerprint density at radius 3 is 3.12 bits per heavy atom. The van der Waals surface area contributed by atoms with E-state index in [2.05, 4.69) is 15.8 Å². The molecule has 2 heterocycles. The molecule has 5 heteroatoms. The monoisotopic (exact) mass is 255 g/mol. The van der Waals surface area contributed by atoms with Gasteiger partial charge in [0.2, 0.25) is 0 Å². The molecule has 0 spiro atoms. The second-order valence-corrected chi connectivity index (χ2v) is 5.71. The summed E-state index contributed by atoms with van der Waals surface area (Å²) in [6.07, 6.45) is 5.87. The minimum Gasteiger partial charge on any atom is -0.378 e. The van der Waals surface area contributed by atoms with E-state index in [1.165, 1.54) is 12.8 Å². The molecule has 0 amide bonds. The Kier molecular flexibility index (Phi) is 4.91. The SMILES string of the molecule is Cc1nc(CC(CC2CCCCO2)NN)cs1. The van der Waals surface area contributed by atoms with Gasteiger partial charge in [-0.3, -0.25) is 11.3 Å². The fourth-order valence-electron chi connectivity index (χ4n) is 2.28. The van der Waals surface area contributed by atoms with Crippen molar-refractivity contribution < 1.29 is 4.74 Å². The van der Waals surface area contributed by atoms with E-state index in [1.807, 2.05) is 6.92 Å². The van der Waals surface area contributed by atoms with Crippen molar-refractivity contribution in [2.24, 2.45) is 5.84 Å². The number of ether oxygens (including phenoxy) is 1. The molecule has 0 bridgehead atoms. The number of aromatic nitrogens is 1. The lowest BCUT2D eigenvalue weighted by Gasteiger charge is -2.26. The molecule has 0 aliphatic carbocycles. The fraction of sp³-hybridized carbons (Fsp3) is 0.750. The first-order valence-electron chi connectivity index (χ1n) is 6.26. The van der Waals surface area contributed by atoms with Crippen molar-refractivity contribution in [3.05, 3.63) is 16.1 Å². The largest absolute Gasteiger partial charge is 0.378 e. The van der Waals surface area contributed by atoms with Crippen molar-refractivity contribution >= 4 is 11.3 Å². The highest BCUT2D eigenvalue weighted by Gasteiger charge is 2.19. The summed E-state index contributed by atoms with van der Waals surface area (Å²) >= 11 is 1.69. The fourth-order valence-corrected chi connectivity index (χ4v) is 2.90. The topological polar surface area (TPSA) is 60.2 Å². The van der Waals surface area contributed by atoms with E-state index in [0.717, 1.165) is 36.6 Å². The van der Waals surface area contributed by atoms with Crippen LogP contribution in [-0.2, 0) is 11.2 Å². The van der Waals surface area contributed by atoms with Gasteiger partial charge in [0.25, 0.3) is 0 Å². The molecular formula is C12H21N3OS. The number of hydrogen-bond donors (Lipinski definition) is 2. The molecule has 1 fully saturated rings. The molecule has 0 saturated carbocycles. The van der Waals surface area contributed by atoms with Crippen molar-refractivity contribution in [3.8, 4) is 0 Å². The molecule has 2 unspecified atom stereocenters. The maximum absolute atomic E-state index is 5.74. The van der Waals surface area contributed by atoms with Crippen LogP contribution in [0, 0.1) is 6.92 Å². The molecule has 0 aromatic carbocycles. The standard InChI is InChI=1S/C12H21N3OS/c1-9-14-11(8-17-9)6-10(15-13)7-12-4-2-3-5-16-12/h8,10,12,15H,2-7,13H2,1H3. The number of hydrogen-bond acceptors (Lipinski definition) is 5. The second-order valence-electron chi connectivity index (χ2n) is 4.65. The average molecular weight is 255 g/mol. The summed E-state index contributed by atoms with van der Waals surface area (Å²) in [5.74, 6) is 5.61. The number of nitrogens with two attached hydrogens (primary N) is 1. The van der Waals surface area contributed by atoms with Crippen LogP contribution in [0.4, 0.5) is 0 Å². The van der Waals surface area contributed by atoms with Gasteiger partial charge in [0.15, 0.2) is 0 Å². The van der Waals surface area contributed by atoms with Crippen molar-refractivity contribution in [1.29, 1.82) is 0 Å². The van der Waals surface area contributed by atoms with E-state index in [0.29, 0.717) is 6.10 Å². The van der Waals surface area contributed by atoms with Gasteiger partial charge in [-0.25, -0.2) is 4.98 Å². The zero-order valence-electron chi connectivity index (χ0n) is 10.3. The molecule has 2 rings (SSSR count). The summed E-state index contributed by atoms with van der Waals surface area (Å²) in [5.41, 5.74) is 4.02. The summed E-state index contributed by atoms with van der Waals surface area (Å²) in [7, 11) is 0. The molecular weight excluding hydrogens is 234 g/mol. The molecule has 2 atom stereocenters. The summed E-state index contributed by atoms with van der Waals surface area (Å²) in [6, 6.07) is 0.264. The molecule has 3 N–H and O–H groups in total. The van der Waals surface area contributed by atoms with Gasteiger partial charge in [-0.1, -0.05) is 0 Å². The van der Waals surface area contributed by atoms with Gasteiger partial charge in [-0.2, -0.15) is 0 Å². The van der Waals surface area contributed by atoms with E-state index in [9.17, 15) is 0 Å². The van der Waals surface area contributed by atoms with Gasteiger partial charge >= 0.3 is 0 Å². The lowest BCUT2D eigenvalue weighted by Crippen LogP contribution is -2.40. The highest BCUT2D eigenvalue weighted by atomic mass is 32.1. The normalized spacial score (nSPS) is 22.6. The van der Waals surface area contributed by atoms with Crippen LogP contribution in [-0.4, -0.2) is 23.7 Å². The van der Waals surface area contributed by atoms with Gasteiger partial charge in [0, 0.05) is 24.4 Å². The predicted octanol–water partition coefficient (Wildman–Crippen LogP) is 1.79. The molecule has 17 heavy (non-hydrogen) atoms.